The molecule has 0 aliphatic carbocycles. The Morgan fingerprint density at radius 1 is 1.00 bits per heavy atom. The number of H-pyrrole nitrogens is 1. The summed E-state index contributed by atoms with van der Waals surface area (Å²) < 4.78 is 17.5. The predicted molar refractivity (Wildman–Crippen MR) is 132 cm³/mol. The molecule has 174 valence electrons. The van der Waals surface area contributed by atoms with E-state index in [4.69, 9.17) is 19.9 Å². The first-order valence-electron chi connectivity index (χ1n) is 11.3. The Morgan fingerprint density at radius 2 is 1.74 bits per heavy atom. The number of benzene rings is 3. The van der Waals surface area contributed by atoms with Gasteiger partial charge in [-0.2, -0.15) is 5.26 Å². The summed E-state index contributed by atoms with van der Waals surface area (Å²) in [6.45, 7) is 2.93. The lowest BCUT2D eigenvalue weighted by Gasteiger charge is -2.25. The van der Waals surface area contributed by atoms with Gasteiger partial charge in [-0.25, -0.2) is 0 Å². The van der Waals surface area contributed by atoms with Crippen LogP contribution in [0.15, 0.2) is 90.3 Å². The van der Waals surface area contributed by atoms with E-state index >= 15 is 0 Å². The summed E-state index contributed by atoms with van der Waals surface area (Å²) in [5.41, 5.74) is 10.7. The lowest BCUT2D eigenvalue weighted by Crippen LogP contribution is -2.21. The fourth-order valence-electron chi connectivity index (χ4n) is 4.25. The lowest BCUT2D eigenvalue weighted by molar-refractivity contribution is 0.301. The molecule has 5 rings (SSSR count). The minimum absolute atomic E-state index is 0.0348. The second-order valence-corrected chi connectivity index (χ2v) is 8.01. The average Bonchev–Trinajstić information content (AvgIpc) is 3.31. The third kappa shape index (κ3) is 4.30. The van der Waals surface area contributed by atoms with E-state index < -0.39 is 5.92 Å². The average molecular weight is 465 g/mol. The molecule has 0 saturated carbocycles. The topological polar surface area (TPSA) is 106 Å². The molecular weight excluding hydrogens is 440 g/mol. The van der Waals surface area contributed by atoms with Gasteiger partial charge in [-0.15, -0.1) is 5.10 Å². The molecule has 1 atom stereocenters. The van der Waals surface area contributed by atoms with E-state index in [9.17, 15) is 5.26 Å². The Kier molecular flexibility index (Phi) is 6.10. The maximum Gasteiger partial charge on any atom is 0.244 e. The Balaban J connectivity index is 1.59. The quantitative estimate of drug-likeness (QED) is 0.386. The van der Waals surface area contributed by atoms with Crippen molar-refractivity contribution in [1.82, 2.24) is 10.2 Å². The molecule has 1 unspecified atom stereocenters. The molecule has 7 nitrogen and oxygen atoms in total. The summed E-state index contributed by atoms with van der Waals surface area (Å²) in [6.07, 6.45) is 0. The molecule has 0 amide bonds. The van der Waals surface area contributed by atoms with Gasteiger partial charge in [0.25, 0.3) is 0 Å². The van der Waals surface area contributed by atoms with E-state index in [-0.39, 0.29) is 5.88 Å². The second kappa shape index (κ2) is 9.65. The lowest BCUT2D eigenvalue weighted by atomic mass is 9.82. The van der Waals surface area contributed by atoms with Crippen LogP contribution >= 0.6 is 0 Å². The first kappa shape index (κ1) is 22.1. The number of aromatic nitrogens is 2. The van der Waals surface area contributed by atoms with Gasteiger partial charge in [0.1, 0.15) is 29.7 Å². The first-order valence-corrected chi connectivity index (χ1v) is 11.3. The van der Waals surface area contributed by atoms with E-state index in [0.717, 1.165) is 33.7 Å². The smallest absolute Gasteiger partial charge is 0.244 e. The van der Waals surface area contributed by atoms with Gasteiger partial charge in [-0.1, -0.05) is 48.5 Å². The summed E-state index contributed by atoms with van der Waals surface area (Å²) in [6, 6.07) is 27.5. The highest BCUT2D eigenvalue weighted by Crippen LogP contribution is 2.48. The molecule has 0 radical (unpaired) electrons. The van der Waals surface area contributed by atoms with Gasteiger partial charge in [0, 0.05) is 11.1 Å². The maximum absolute atomic E-state index is 10.1. The summed E-state index contributed by atoms with van der Waals surface area (Å²) >= 11 is 0. The van der Waals surface area contributed by atoms with Crippen LogP contribution in [0.2, 0.25) is 0 Å². The van der Waals surface area contributed by atoms with Crippen molar-refractivity contribution in [3.05, 3.63) is 107 Å². The molecule has 2 heterocycles. The van der Waals surface area contributed by atoms with Crippen molar-refractivity contribution in [1.29, 1.82) is 5.26 Å². The summed E-state index contributed by atoms with van der Waals surface area (Å²) in [4.78, 5) is 0. The number of allylic oxidation sites excluding steroid dienone is 1. The number of fused-ring (bicyclic) bond motifs is 1. The fourth-order valence-corrected chi connectivity index (χ4v) is 4.25. The van der Waals surface area contributed by atoms with Crippen molar-refractivity contribution in [3.63, 3.8) is 0 Å². The van der Waals surface area contributed by atoms with Gasteiger partial charge in [0.05, 0.1) is 23.8 Å². The molecule has 1 aromatic heterocycles. The zero-order valence-electron chi connectivity index (χ0n) is 19.2. The van der Waals surface area contributed by atoms with E-state index in [1.165, 1.54) is 0 Å². The molecule has 0 spiro atoms. The molecule has 0 fully saturated rings. The molecule has 0 saturated heterocycles. The maximum atomic E-state index is 10.1. The number of aromatic amines is 1. The number of nitrogens with two attached hydrogens (primary N) is 1. The predicted octanol–water partition coefficient (Wildman–Crippen LogP) is 5.27. The van der Waals surface area contributed by atoms with Crippen LogP contribution in [-0.2, 0) is 6.61 Å². The van der Waals surface area contributed by atoms with Crippen LogP contribution in [-0.4, -0.2) is 16.8 Å². The van der Waals surface area contributed by atoms with Crippen molar-refractivity contribution >= 4 is 0 Å². The van der Waals surface area contributed by atoms with Crippen LogP contribution in [0, 0.1) is 11.3 Å². The van der Waals surface area contributed by atoms with Crippen molar-refractivity contribution in [3.8, 4) is 34.7 Å². The van der Waals surface area contributed by atoms with Crippen molar-refractivity contribution < 1.29 is 14.2 Å². The number of hydrogen-bond donors (Lipinski definition) is 2. The molecule has 1 aliphatic heterocycles. The highest BCUT2D eigenvalue weighted by atomic mass is 16.5. The number of para-hydroxylation sites is 1. The highest BCUT2D eigenvalue weighted by Gasteiger charge is 2.37. The second-order valence-electron chi connectivity index (χ2n) is 8.01. The third-order valence-electron chi connectivity index (χ3n) is 5.86. The van der Waals surface area contributed by atoms with Gasteiger partial charge in [-0.3, -0.25) is 5.10 Å². The van der Waals surface area contributed by atoms with Crippen LogP contribution in [0.25, 0.3) is 11.3 Å². The van der Waals surface area contributed by atoms with Gasteiger partial charge >= 0.3 is 0 Å². The van der Waals surface area contributed by atoms with Crippen molar-refractivity contribution in [2.75, 3.05) is 6.61 Å². The van der Waals surface area contributed by atoms with E-state index in [1.54, 1.807) is 0 Å². The highest BCUT2D eigenvalue weighted by molar-refractivity contribution is 5.72. The minimum atomic E-state index is -0.518. The number of nitrogens with zero attached hydrogens (tertiary/aromatic N) is 2. The standard InChI is InChI=1S/C28H24N4O3/c1-2-33-20-14-12-19(13-15-20)26-25-24(22(16-29)27(30)35-28(25)32-31-26)21-10-6-7-11-23(21)34-17-18-8-4-3-5-9-18/h3-15,24H,2,17,30H2,1H3,(H,31,32). The SMILES string of the molecule is CCOc1ccc(-c2[nH]nc3c2C(c2ccccc2OCc2ccccc2)C(C#N)=C(N)O3)cc1. The van der Waals surface area contributed by atoms with Crippen LogP contribution < -0.4 is 19.9 Å². The van der Waals surface area contributed by atoms with Gasteiger partial charge < -0.3 is 19.9 Å². The Bertz CT molecular complexity index is 1400. The molecule has 4 aromatic rings. The largest absolute Gasteiger partial charge is 0.494 e. The van der Waals surface area contributed by atoms with Crippen LogP contribution in [0.1, 0.15) is 29.5 Å². The molecule has 7 heteroatoms. The van der Waals surface area contributed by atoms with Gasteiger partial charge in [0.2, 0.25) is 11.8 Å². The van der Waals surface area contributed by atoms with E-state index in [1.807, 2.05) is 85.8 Å². The summed E-state index contributed by atoms with van der Waals surface area (Å²) in [5.74, 6) is 1.30. The van der Waals surface area contributed by atoms with Gasteiger partial charge in [0.15, 0.2) is 0 Å². The number of nitriles is 1. The van der Waals surface area contributed by atoms with Gasteiger partial charge in [-0.05, 0) is 42.8 Å². The molecule has 35 heavy (non-hydrogen) atoms. The molecule has 0 bridgehead atoms. The Labute approximate surface area is 203 Å². The Morgan fingerprint density at radius 3 is 2.49 bits per heavy atom. The molecular formula is C28H24N4O3. The molecule has 1 aliphatic rings. The van der Waals surface area contributed by atoms with Crippen LogP contribution in [0.3, 0.4) is 0 Å². The van der Waals surface area contributed by atoms with E-state index in [2.05, 4.69) is 16.3 Å². The summed E-state index contributed by atoms with van der Waals surface area (Å²) in [5, 5.41) is 17.5. The molecule has 3 N–H and O–H groups in total. The zero-order chi connectivity index (χ0) is 24.2. The minimum Gasteiger partial charge on any atom is -0.494 e. The van der Waals surface area contributed by atoms with Crippen molar-refractivity contribution in [2.24, 2.45) is 5.73 Å². The summed E-state index contributed by atoms with van der Waals surface area (Å²) in [7, 11) is 0. The monoisotopic (exact) mass is 464 g/mol. The number of nitrogens with one attached hydrogen (secondary N) is 1. The molecule has 3 aromatic carbocycles. The van der Waals surface area contributed by atoms with E-state index in [0.29, 0.717) is 30.4 Å². The number of rotatable bonds is 7. The number of hydrogen-bond acceptors (Lipinski definition) is 6. The zero-order valence-corrected chi connectivity index (χ0v) is 19.2. The number of ether oxygens (including phenoxy) is 3. The van der Waals surface area contributed by atoms with Crippen molar-refractivity contribution in [2.45, 2.75) is 19.4 Å². The first-order chi connectivity index (χ1) is 17.2. The third-order valence-corrected chi connectivity index (χ3v) is 5.86. The van der Waals surface area contributed by atoms with Crippen LogP contribution in [0.4, 0.5) is 0 Å². The Hall–Kier alpha value is -4.70. The fraction of sp³-hybridized carbons (Fsp3) is 0.143. The van der Waals surface area contributed by atoms with Crippen LogP contribution in [0.5, 0.6) is 17.4 Å². The normalized spacial score (nSPS) is 14.6.